The van der Waals surface area contributed by atoms with E-state index in [2.05, 4.69) is 10.6 Å². The third-order valence-corrected chi connectivity index (χ3v) is 4.17. The quantitative estimate of drug-likeness (QED) is 0.763. The average Bonchev–Trinajstić information content (AvgIpc) is 3.14. The van der Waals surface area contributed by atoms with E-state index in [0.29, 0.717) is 24.5 Å². The number of carbonyl (C=O) groups is 3. The Bertz CT molecular complexity index is 662. The minimum atomic E-state index is -0.472. The van der Waals surface area contributed by atoms with E-state index in [0.717, 1.165) is 6.42 Å². The molecule has 1 saturated heterocycles. The largest absolute Gasteiger partial charge is 0.497 e. The first kappa shape index (κ1) is 18.6. The normalized spacial score (nSPS) is 16.3. The second-order valence-electron chi connectivity index (χ2n) is 5.61. The minimum absolute atomic E-state index is 0.188. The van der Waals surface area contributed by atoms with Crippen molar-refractivity contribution in [2.45, 2.75) is 18.9 Å². The molecule has 0 saturated carbocycles. The van der Waals surface area contributed by atoms with Gasteiger partial charge < -0.3 is 25.0 Å². The molecule has 136 valence electrons. The number of carbonyl (C=O) groups excluding carboxylic acids is 3. The van der Waals surface area contributed by atoms with Crippen molar-refractivity contribution in [2.75, 3.05) is 34.4 Å². The first-order valence-electron chi connectivity index (χ1n) is 8.03. The Morgan fingerprint density at radius 2 is 2.00 bits per heavy atom. The van der Waals surface area contributed by atoms with Gasteiger partial charge >= 0.3 is 0 Å². The highest BCUT2D eigenvalue weighted by Gasteiger charge is 2.33. The first-order chi connectivity index (χ1) is 12.0. The zero-order valence-electron chi connectivity index (χ0n) is 14.6. The number of hydrogen-bond acceptors (Lipinski definition) is 5. The molecule has 1 aliphatic heterocycles. The molecule has 1 aromatic carbocycles. The molecule has 1 heterocycles. The van der Waals surface area contributed by atoms with E-state index in [1.165, 1.54) is 19.1 Å². The molecule has 1 aliphatic rings. The summed E-state index contributed by atoms with van der Waals surface area (Å²) in [7, 11) is 4.50. The smallest absolute Gasteiger partial charge is 0.255 e. The summed E-state index contributed by atoms with van der Waals surface area (Å²) >= 11 is 0. The molecule has 1 atom stereocenters. The summed E-state index contributed by atoms with van der Waals surface area (Å²) in [5.74, 6) is -0.0283. The fraction of sp³-hybridized carbons (Fsp3) is 0.471. The first-order valence-corrected chi connectivity index (χ1v) is 8.03. The van der Waals surface area contributed by atoms with Crippen LogP contribution in [-0.2, 0) is 9.59 Å². The van der Waals surface area contributed by atoms with Gasteiger partial charge in [-0.15, -0.1) is 0 Å². The van der Waals surface area contributed by atoms with Crippen LogP contribution in [0.2, 0.25) is 0 Å². The van der Waals surface area contributed by atoms with Crippen LogP contribution < -0.4 is 20.1 Å². The number of nitrogens with zero attached hydrogens (tertiary/aromatic N) is 1. The predicted octanol–water partition coefficient (Wildman–Crippen LogP) is 0.171. The Hall–Kier alpha value is -2.77. The Morgan fingerprint density at radius 3 is 2.64 bits per heavy atom. The lowest BCUT2D eigenvalue weighted by Crippen LogP contribution is -2.48. The number of amides is 3. The van der Waals surface area contributed by atoms with Crippen molar-refractivity contribution >= 4 is 17.7 Å². The topological polar surface area (TPSA) is 97.0 Å². The molecule has 8 nitrogen and oxygen atoms in total. The van der Waals surface area contributed by atoms with Gasteiger partial charge in [-0.2, -0.15) is 0 Å². The van der Waals surface area contributed by atoms with E-state index >= 15 is 0 Å². The van der Waals surface area contributed by atoms with Crippen molar-refractivity contribution in [3.8, 4) is 11.5 Å². The monoisotopic (exact) mass is 349 g/mol. The molecule has 2 N–H and O–H groups in total. The van der Waals surface area contributed by atoms with E-state index in [9.17, 15) is 14.4 Å². The van der Waals surface area contributed by atoms with Gasteiger partial charge in [0.2, 0.25) is 11.8 Å². The molecular weight excluding hydrogens is 326 g/mol. The van der Waals surface area contributed by atoms with E-state index in [1.807, 2.05) is 0 Å². The highest BCUT2D eigenvalue weighted by atomic mass is 16.5. The third kappa shape index (κ3) is 4.20. The van der Waals surface area contributed by atoms with Gasteiger partial charge in [-0.05, 0) is 31.0 Å². The van der Waals surface area contributed by atoms with Gasteiger partial charge in [-0.25, -0.2) is 0 Å². The molecule has 1 aromatic rings. The number of nitrogens with one attached hydrogen (secondary N) is 2. The van der Waals surface area contributed by atoms with E-state index in [-0.39, 0.29) is 23.9 Å². The number of methoxy groups -OCH3 is 2. The Balaban J connectivity index is 2.02. The second kappa shape index (κ2) is 8.36. The standard InChI is InChI=1S/C17H23N3O5/c1-18-17(23)13-5-4-8-20(13)15(21)10-19-16(22)12-9-11(24-2)6-7-14(12)25-3/h6-7,9,13H,4-5,8,10H2,1-3H3,(H,18,23)(H,19,22). The van der Waals surface area contributed by atoms with Crippen LogP contribution >= 0.6 is 0 Å². The predicted molar refractivity (Wildman–Crippen MR) is 90.7 cm³/mol. The zero-order chi connectivity index (χ0) is 18.4. The molecule has 0 radical (unpaired) electrons. The van der Waals surface area contributed by atoms with Gasteiger partial charge in [0.05, 0.1) is 26.3 Å². The molecule has 25 heavy (non-hydrogen) atoms. The zero-order valence-corrected chi connectivity index (χ0v) is 14.6. The fourth-order valence-electron chi connectivity index (χ4n) is 2.85. The van der Waals surface area contributed by atoms with Crippen LogP contribution in [0.3, 0.4) is 0 Å². The summed E-state index contributed by atoms with van der Waals surface area (Å²) in [5, 5.41) is 5.14. The lowest BCUT2D eigenvalue weighted by Gasteiger charge is -2.23. The number of hydrogen-bond donors (Lipinski definition) is 2. The van der Waals surface area contributed by atoms with Crippen molar-refractivity contribution < 1.29 is 23.9 Å². The van der Waals surface area contributed by atoms with Crippen molar-refractivity contribution in [3.05, 3.63) is 23.8 Å². The molecule has 3 amide bonds. The highest BCUT2D eigenvalue weighted by Crippen LogP contribution is 2.24. The van der Waals surface area contributed by atoms with Crippen LogP contribution in [-0.4, -0.2) is 63.0 Å². The van der Waals surface area contributed by atoms with Gasteiger partial charge in [-0.1, -0.05) is 0 Å². The van der Waals surface area contributed by atoms with Crippen LogP contribution in [0.5, 0.6) is 11.5 Å². The molecular formula is C17H23N3O5. The van der Waals surface area contributed by atoms with Gasteiger partial charge in [0, 0.05) is 13.6 Å². The number of benzene rings is 1. The van der Waals surface area contributed by atoms with E-state index in [4.69, 9.17) is 9.47 Å². The maximum Gasteiger partial charge on any atom is 0.255 e. The van der Waals surface area contributed by atoms with Crippen molar-refractivity contribution in [1.29, 1.82) is 0 Å². The number of likely N-dealkylation sites (N-methyl/N-ethyl adjacent to an activating group) is 1. The molecule has 0 aromatic heterocycles. The molecule has 8 heteroatoms. The Morgan fingerprint density at radius 1 is 1.24 bits per heavy atom. The van der Waals surface area contributed by atoms with Gasteiger partial charge in [-0.3, -0.25) is 14.4 Å². The Kier molecular flexibility index (Phi) is 6.21. The SMILES string of the molecule is CNC(=O)C1CCCN1C(=O)CNC(=O)c1cc(OC)ccc1OC. The van der Waals surface area contributed by atoms with Gasteiger partial charge in [0.15, 0.2) is 0 Å². The molecule has 0 aliphatic carbocycles. The van der Waals surface area contributed by atoms with Crippen LogP contribution in [0.15, 0.2) is 18.2 Å². The Labute approximate surface area is 146 Å². The van der Waals surface area contributed by atoms with Gasteiger partial charge in [0.25, 0.3) is 5.91 Å². The molecule has 1 fully saturated rings. The summed E-state index contributed by atoms with van der Waals surface area (Å²) in [6.07, 6.45) is 1.39. The second-order valence-corrected chi connectivity index (χ2v) is 5.61. The van der Waals surface area contributed by atoms with Crippen molar-refractivity contribution in [2.24, 2.45) is 0 Å². The number of ether oxygens (including phenoxy) is 2. The lowest BCUT2D eigenvalue weighted by molar-refractivity contribution is -0.137. The fourth-order valence-corrected chi connectivity index (χ4v) is 2.85. The van der Waals surface area contributed by atoms with Crippen LogP contribution in [0.25, 0.3) is 0 Å². The average molecular weight is 349 g/mol. The summed E-state index contributed by atoms with van der Waals surface area (Å²) < 4.78 is 10.3. The summed E-state index contributed by atoms with van der Waals surface area (Å²) in [6.45, 7) is 0.321. The molecule has 0 bridgehead atoms. The van der Waals surface area contributed by atoms with E-state index in [1.54, 1.807) is 25.2 Å². The van der Waals surface area contributed by atoms with Crippen LogP contribution in [0.4, 0.5) is 0 Å². The lowest BCUT2D eigenvalue weighted by atomic mass is 10.1. The molecule has 0 spiro atoms. The summed E-state index contributed by atoms with van der Waals surface area (Å²) in [6, 6.07) is 4.37. The number of rotatable bonds is 6. The van der Waals surface area contributed by atoms with E-state index < -0.39 is 11.9 Å². The maximum atomic E-state index is 12.4. The summed E-state index contributed by atoms with van der Waals surface area (Å²) in [4.78, 5) is 38.1. The minimum Gasteiger partial charge on any atom is -0.497 e. The highest BCUT2D eigenvalue weighted by molar-refractivity contribution is 5.99. The van der Waals surface area contributed by atoms with Gasteiger partial charge in [0.1, 0.15) is 17.5 Å². The van der Waals surface area contributed by atoms with Crippen LogP contribution in [0.1, 0.15) is 23.2 Å². The third-order valence-electron chi connectivity index (χ3n) is 4.17. The molecule has 1 unspecified atom stereocenters. The van der Waals surface area contributed by atoms with Crippen molar-refractivity contribution in [3.63, 3.8) is 0 Å². The molecule has 2 rings (SSSR count). The van der Waals surface area contributed by atoms with Crippen molar-refractivity contribution in [1.82, 2.24) is 15.5 Å². The number of likely N-dealkylation sites (tertiary alicyclic amines) is 1. The summed E-state index contributed by atoms with van der Waals surface area (Å²) in [5.41, 5.74) is 0.277. The van der Waals surface area contributed by atoms with Crippen LogP contribution in [0, 0.1) is 0 Å². The maximum absolute atomic E-state index is 12.4.